The summed E-state index contributed by atoms with van der Waals surface area (Å²) in [6.45, 7) is 0.489. The fourth-order valence-corrected chi connectivity index (χ4v) is 2.57. The maximum absolute atomic E-state index is 13.0. The molecule has 3 rings (SSSR count). The first kappa shape index (κ1) is 18.4. The molecule has 6 heteroatoms. The Morgan fingerprint density at radius 1 is 1.07 bits per heavy atom. The number of halogens is 1. The largest absolute Gasteiger partial charge is 0.497 e. The predicted octanol–water partition coefficient (Wildman–Crippen LogP) is 3.95. The van der Waals surface area contributed by atoms with E-state index in [0.717, 1.165) is 17.0 Å². The van der Waals surface area contributed by atoms with E-state index in [4.69, 9.17) is 4.74 Å². The van der Waals surface area contributed by atoms with Crippen molar-refractivity contribution in [1.29, 1.82) is 0 Å². The molecule has 1 heterocycles. The minimum atomic E-state index is -0.300. The van der Waals surface area contributed by atoms with Gasteiger partial charge < -0.3 is 15.4 Å². The highest BCUT2D eigenvalue weighted by atomic mass is 19.1. The molecule has 0 saturated carbocycles. The Kier molecular flexibility index (Phi) is 5.99. The van der Waals surface area contributed by atoms with Gasteiger partial charge in [0.2, 0.25) is 0 Å². The number of amides is 1. The highest BCUT2D eigenvalue weighted by molar-refractivity contribution is 5.93. The highest BCUT2D eigenvalue weighted by Gasteiger charge is 2.08. The number of carbonyl (C=O) groups excluding carboxylic acids is 1. The van der Waals surface area contributed by atoms with Crippen molar-refractivity contribution in [3.63, 3.8) is 0 Å². The lowest BCUT2D eigenvalue weighted by Gasteiger charge is -2.09. The normalized spacial score (nSPS) is 10.3. The fraction of sp³-hybridized carbons (Fsp3) is 0.143. The zero-order valence-electron chi connectivity index (χ0n) is 14.9. The molecule has 0 spiro atoms. The number of anilines is 2. The van der Waals surface area contributed by atoms with Crippen LogP contribution in [0.4, 0.5) is 15.8 Å². The zero-order chi connectivity index (χ0) is 19.1. The van der Waals surface area contributed by atoms with Crippen LogP contribution in [0.3, 0.4) is 0 Å². The second-order valence-corrected chi connectivity index (χ2v) is 5.92. The molecule has 0 saturated heterocycles. The van der Waals surface area contributed by atoms with Gasteiger partial charge in [0.15, 0.2) is 0 Å². The van der Waals surface area contributed by atoms with Gasteiger partial charge in [-0.05, 0) is 60.5 Å². The number of aromatic nitrogens is 1. The fourth-order valence-electron chi connectivity index (χ4n) is 2.57. The lowest BCUT2D eigenvalue weighted by molar-refractivity contribution is 0.0949. The highest BCUT2D eigenvalue weighted by Crippen LogP contribution is 2.17. The Hall–Kier alpha value is -3.41. The average molecular weight is 365 g/mol. The maximum atomic E-state index is 13.0. The molecule has 1 amide bonds. The van der Waals surface area contributed by atoms with Gasteiger partial charge in [0.05, 0.1) is 7.11 Å². The van der Waals surface area contributed by atoms with Gasteiger partial charge in [-0.1, -0.05) is 12.1 Å². The number of nitrogens with zero attached hydrogens (tertiary/aromatic N) is 1. The molecule has 3 aromatic rings. The first-order valence-corrected chi connectivity index (χ1v) is 8.54. The van der Waals surface area contributed by atoms with Crippen LogP contribution >= 0.6 is 0 Å². The molecule has 2 aromatic carbocycles. The Morgan fingerprint density at radius 3 is 2.67 bits per heavy atom. The summed E-state index contributed by atoms with van der Waals surface area (Å²) in [5, 5.41) is 5.98. The van der Waals surface area contributed by atoms with E-state index in [1.165, 1.54) is 12.1 Å². The minimum absolute atomic E-state index is 0.249. The smallest absolute Gasteiger partial charge is 0.269 e. The van der Waals surface area contributed by atoms with Crippen LogP contribution in [0.25, 0.3) is 0 Å². The SMILES string of the molecule is COc1cccc(CCNC(=O)c2cc(Nc3ccc(F)cc3)ccn2)c1. The van der Waals surface area contributed by atoms with Gasteiger partial charge in [0, 0.05) is 24.1 Å². The molecule has 0 aliphatic carbocycles. The molecule has 0 aliphatic rings. The topological polar surface area (TPSA) is 63.2 Å². The van der Waals surface area contributed by atoms with Gasteiger partial charge in [0.1, 0.15) is 17.3 Å². The Morgan fingerprint density at radius 2 is 1.89 bits per heavy atom. The number of benzene rings is 2. The van der Waals surface area contributed by atoms with Gasteiger partial charge in [-0.15, -0.1) is 0 Å². The van der Waals surface area contributed by atoms with E-state index >= 15 is 0 Å². The number of ether oxygens (including phenoxy) is 1. The summed E-state index contributed by atoms with van der Waals surface area (Å²) in [5.74, 6) is 0.243. The third kappa shape index (κ3) is 5.28. The van der Waals surface area contributed by atoms with Crippen LogP contribution in [-0.4, -0.2) is 24.5 Å². The van der Waals surface area contributed by atoms with Crippen molar-refractivity contribution in [2.45, 2.75) is 6.42 Å². The Labute approximate surface area is 157 Å². The second kappa shape index (κ2) is 8.80. The van der Waals surface area contributed by atoms with Crippen molar-refractivity contribution < 1.29 is 13.9 Å². The molecular weight excluding hydrogens is 345 g/mol. The number of carbonyl (C=O) groups is 1. The monoisotopic (exact) mass is 365 g/mol. The van der Waals surface area contributed by atoms with Gasteiger partial charge in [0.25, 0.3) is 5.91 Å². The Bertz CT molecular complexity index is 913. The molecule has 2 N–H and O–H groups in total. The third-order valence-corrected chi connectivity index (χ3v) is 3.96. The predicted molar refractivity (Wildman–Crippen MR) is 103 cm³/mol. The van der Waals surface area contributed by atoms with Crippen LogP contribution in [0.1, 0.15) is 16.1 Å². The molecule has 27 heavy (non-hydrogen) atoms. The zero-order valence-corrected chi connectivity index (χ0v) is 14.9. The molecule has 0 bridgehead atoms. The molecule has 5 nitrogen and oxygen atoms in total. The van der Waals surface area contributed by atoms with Crippen molar-refractivity contribution in [3.8, 4) is 5.75 Å². The standard InChI is InChI=1S/C21H20FN3O2/c1-27-19-4-2-3-15(13-19)9-11-24-21(26)20-14-18(10-12-23-20)25-17-7-5-16(22)6-8-17/h2-8,10,12-14H,9,11H2,1H3,(H,23,25)(H,24,26). The lowest BCUT2D eigenvalue weighted by atomic mass is 10.1. The number of hydrogen-bond acceptors (Lipinski definition) is 4. The first-order valence-electron chi connectivity index (χ1n) is 8.54. The lowest BCUT2D eigenvalue weighted by Crippen LogP contribution is -2.26. The molecule has 138 valence electrons. The Balaban J connectivity index is 1.57. The van der Waals surface area contributed by atoms with Gasteiger partial charge in [-0.25, -0.2) is 4.39 Å². The molecule has 0 unspecified atom stereocenters. The van der Waals surface area contributed by atoms with Crippen molar-refractivity contribution in [2.24, 2.45) is 0 Å². The van der Waals surface area contributed by atoms with Crippen LogP contribution < -0.4 is 15.4 Å². The summed E-state index contributed by atoms with van der Waals surface area (Å²) < 4.78 is 18.2. The van der Waals surface area contributed by atoms with Crippen LogP contribution in [0.5, 0.6) is 5.75 Å². The van der Waals surface area contributed by atoms with Crippen molar-refractivity contribution in [2.75, 3.05) is 19.0 Å². The molecule has 1 aromatic heterocycles. The van der Waals surface area contributed by atoms with Crippen molar-refractivity contribution >= 4 is 17.3 Å². The van der Waals surface area contributed by atoms with Crippen molar-refractivity contribution in [1.82, 2.24) is 10.3 Å². The van der Waals surface area contributed by atoms with Crippen LogP contribution in [0.15, 0.2) is 66.9 Å². The first-order chi connectivity index (χ1) is 13.1. The molecular formula is C21H20FN3O2. The van der Waals surface area contributed by atoms with E-state index in [1.807, 2.05) is 24.3 Å². The minimum Gasteiger partial charge on any atom is -0.497 e. The summed E-state index contributed by atoms with van der Waals surface area (Å²) >= 11 is 0. The van der Waals surface area contributed by atoms with E-state index in [1.54, 1.807) is 37.6 Å². The second-order valence-electron chi connectivity index (χ2n) is 5.92. The summed E-state index contributed by atoms with van der Waals surface area (Å²) in [7, 11) is 1.62. The molecule has 0 fully saturated rings. The quantitative estimate of drug-likeness (QED) is 0.666. The van der Waals surface area contributed by atoms with E-state index in [0.29, 0.717) is 24.3 Å². The number of rotatable bonds is 7. The summed E-state index contributed by atoms with van der Waals surface area (Å²) in [6, 6.07) is 17.1. The summed E-state index contributed by atoms with van der Waals surface area (Å²) in [6.07, 6.45) is 2.25. The summed E-state index contributed by atoms with van der Waals surface area (Å²) in [4.78, 5) is 16.4. The van der Waals surface area contributed by atoms with Crippen LogP contribution in [0.2, 0.25) is 0 Å². The number of pyridine rings is 1. The molecule has 0 aliphatic heterocycles. The number of nitrogens with one attached hydrogen (secondary N) is 2. The third-order valence-electron chi connectivity index (χ3n) is 3.96. The van der Waals surface area contributed by atoms with E-state index < -0.39 is 0 Å². The van der Waals surface area contributed by atoms with Gasteiger partial charge >= 0.3 is 0 Å². The molecule has 0 radical (unpaired) electrons. The number of methoxy groups -OCH3 is 1. The van der Waals surface area contributed by atoms with E-state index in [-0.39, 0.29) is 11.7 Å². The van der Waals surface area contributed by atoms with Crippen LogP contribution in [0, 0.1) is 5.82 Å². The summed E-state index contributed by atoms with van der Waals surface area (Å²) in [5.41, 5.74) is 2.82. The number of hydrogen-bond donors (Lipinski definition) is 2. The maximum Gasteiger partial charge on any atom is 0.269 e. The van der Waals surface area contributed by atoms with Crippen molar-refractivity contribution in [3.05, 3.63) is 83.9 Å². The van der Waals surface area contributed by atoms with E-state index in [9.17, 15) is 9.18 Å². The average Bonchev–Trinajstić information content (AvgIpc) is 2.70. The molecule has 0 atom stereocenters. The van der Waals surface area contributed by atoms with Gasteiger partial charge in [-0.2, -0.15) is 0 Å². The van der Waals surface area contributed by atoms with E-state index in [2.05, 4.69) is 15.6 Å². The van der Waals surface area contributed by atoms with Gasteiger partial charge in [-0.3, -0.25) is 9.78 Å². The van der Waals surface area contributed by atoms with Crippen LogP contribution in [-0.2, 0) is 6.42 Å².